The smallest absolute Gasteiger partial charge is 0.139 e. The summed E-state index contributed by atoms with van der Waals surface area (Å²) < 4.78 is 0. The Kier molecular flexibility index (Phi) is 3.58. The number of hydrogen-bond acceptors (Lipinski definition) is 3. The van der Waals surface area contributed by atoms with Gasteiger partial charge in [-0.2, -0.15) is 0 Å². The van der Waals surface area contributed by atoms with Gasteiger partial charge < -0.3 is 15.4 Å². The third kappa shape index (κ3) is 2.48. The number of benzene rings is 1. The first-order valence-electron chi connectivity index (χ1n) is 6.36. The highest BCUT2D eigenvalue weighted by atomic mass is 35.5. The predicted octanol–water partition coefficient (Wildman–Crippen LogP) is 3.29. The van der Waals surface area contributed by atoms with Crippen molar-refractivity contribution in [3.63, 3.8) is 0 Å². The van der Waals surface area contributed by atoms with Crippen LogP contribution in [0.25, 0.3) is 22.3 Å². The molecule has 0 atom stereocenters. The number of pyridine rings is 1. The van der Waals surface area contributed by atoms with Crippen LogP contribution in [0.15, 0.2) is 42.6 Å². The van der Waals surface area contributed by atoms with Gasteiger partial charge in [0.05, 0.1) is 11.6 Å². The first kappa shape index (κ1) is 13.0. The van der Waals surface area contributed by atoms with Gasteiger partial charge in [-0.25, -0.2) is 4.98 Å². The van der Waals surface area contributed by atoms with E-state index in [1.54, 1.807) is 12.3 Å². The molecule has 2 heterocycles. The van der Waals surface area contributed by atoms with Crippen LogP contribution in [-0.4, -0.2) is 28.2 Å². The van der Waals surface area contributed by atoms with Gasteiger partial charge >= 0.3 is 0 Å². The van der Waals surface area contributed by atoms with Gasteiger partial charge in [0.25, 0.3) is 0 Å². The Labute approximate surface area is 121 Å². The van der Waals surface area contributed by atoms with Crippen molar-refractivity contribution in [2.45, 2.75) is 0 Å². The predicted molar refractivity (Wildman–Crippen MR) is 82.1 cm³/mol. The van der Waals surface area contributed by atoms with E-state index in [2.05, 4.69) is 15.3 Å². The third-order valence-corrected chi connectivity index (χ3v) is 3.45. The molecule has 0 amide bonds. The Morgan fingerprint density at radius 2 is 2.00 bits per heavy atom. The van der Waals surface area contributed by atoms with Crippen LogP contribution >= 0.6 is 11.6 Å². The number of hydrogen-bond donors (Lipinski definition) is 3. The van der Waals surface area contributed by atoms with Crippen LogP contribution in [0.3, 0.4) is 0 Å². The zero-order valence-corrected chi connectivity index (χ0v) is 11.5. The summed E-state index contributed by atoms with van der Waals surface area (Å²) in [6.45, 7) is 0.666. The second kappa shape index (κ2) is 5.53. The summed E-state index contributed by atoms with van der Waals surface area (Å²) in [6.07, 6.45) is 1.69. The summed E-state index contributed by atoms with van der Waals surface area (Å²) in [5.74, 6) is 0. The van der Waals surface area contributed by atoms with E-state index in [0.29, 0.717) is 11.6 Å². The number of halogens is 1. The molecule has 3 aromatic rings. The molecule has 3 rings (SSSR count). The summed E-state index contributed by atoms with van der Waals surface area (Å²) in [5.41, 5.74) is 3.81. The maximum absolute atomic E-state index is 8.78. The van der Waals surface area contributed by atoms with Gasteiger partial charge in [-0.3, -0.25) is 0 Å². The van der Waals surface area contributed by atoms with Crippen molar-refractivity contribution < 1.29 is 5.11 Å². The SMILES string of the molecule is OCCNc1ccc(-c2cc3c(Cl)ccnc3[nH]2)cc1. The molecule has 102 valence electrons. The molecule has 0 unspecified atom stereocenters. The zero-order chi connectivity index (χ0) is 13.9. The van der Waals surface area contributed by atoms with E-state index >= 15 is 0 Å². The molecule has 0 fully saturated rings. The van der Waals surface area contributed by atoms with Gasteiger partial charge in [-0.05, 0) is 29.8 Å². The summed E-state index contributed by atoms with van der Waals surface area (Å²) in [6, 6.07) is 11.8. The number of nitrogens with one attached hydrogen (secondary N) is 2. The van der Waals surface area contributed by atoms with Gasteiger partial charge in [0.2, 0.25) is 0 Å². The molecule has 3 N–H and O–H groups in total. The molecule has 0 aliphatic rings. The van der Waals surface area contributed by atoms with Crippen LogP contribution in [0, 0.1) is 0 Å². The average Bonchev–Trinajstić information content (AvgIpc) is 2.91. The second-order valence-electron chi connectivity index (χ2n) is 4.47. The van der Waals surface area contributed by atoms with E-state index in [1.807, 2.05) is 30.3 Å². The highest BCUT2D eigenvalue weighted by molar-refractivity contribution is 6.35. The quantitative estimate of drug-likeness (QED) is 0.690. The van der Waals surface area contributed by atoms with Gasteiger partial charge in [-0.1, -0.05) is 23.7 Å². The number of aromatic nitrogens is 2. The molecule has 0 aliphatic heterocycles. The number of rotatable bonds is 4. The summed E-state index contributed by atoms with van der Waals surface area (Å²) >= 11 is 6.15. The van der Waals surface area contributed by atoms with E-state index in [9.17, 15) is 0 Å². The van der Waals surface area contributed by atoms with E-state index in [0.717, 1.165) is 28.0 Å². The fourth-order valence-electron chi connectivity index (χ4n) is 2.12. The van der Waals surface area contributed by atoms with Crippen LogP contribution in [0.5, 0.6) is 0 Å². The van der Waals surface area contributed by atoms with E-state index < -0.39 is 0 Å². The van der Waals surface area contributed by atoms with Crippen molar-refractivity contribution in [2.75, 3.05) is 18.5 Å². The molecule has 4 nitrogen and oxygen atoms in total. The third-order valence-electron chi connectivity index (χ3n) is 3.12. The Bertz CT molecular complexity index is 722. The van der Waals surface area contributed by atoms with Gasteiger partial charge in [-0.15, -0.1) is 0 Å². The minimum Gasteiger partial charge on any atom is -0.395 e. The number of H-pyrrole nitrogens is 1. The number of aliphatic hydroxyl groups is 1. The fourth-order valence-corrected chi connectivity index (χ4v) is 2.32. The van der Waals surface area contributed by atoms with Crippen LogP contribution in [0.1, 0.15) is 0 Å². The molecule has 0 aliphatic carbocycles. The minimum atomic E-state index is 0.119. The van der Waals surface area contributed by atoms with Gasteiger partial charge in [0.15, 0.2) is 0 Å². The first-order valence-corrected chi connectivity index (χ1v) is 6.74. The monoisotopic (exact) mass is 287 g/mol. The molecular weight excluding hydrogens is 274 g/mol. The molecule has 0 spiro atoms. The summed E-state index contributed by atoms with van der Waals surface area (Å²) in [4.78, 5) is 7.53. The molecule has 0 saturated carbocycles. The number of aromatic amines is 1. The maximum atomic E-state index is 8.78. The normalized spacial score (nSPS) is 10.9. The van der Waals surface area contributed by atoms with Crippen LogP contribution in [-0.2, 0) is 0 Å². The summed E-state index contributed by atoms with van der Waals surface area (Å²) in [7, 11) is 0. The van der Waals surface area contributed by atoms with E-state index in [4.69, 9.17) is 16.7 Å². The van der Waals surface area contributed by atoms with Crippen molar-refractivity contribution >= 4 is 28.3 Å². The lowest BCUT2D eigenvalue weighted by Crippen LogP contribution is -2.04. The van der Waals surface area contributed by atoms with Crippen molar-refractivity contribution in [2.24, 2.45) is 0 Å². The maximum Gasteiger partial charge on any atom is 0.139 e. The molecule has 0 radical (unpaired) electrons. The molecule has 0 bridgehead atoms. The number of fused-ring (bicyclic) bond motifs is 1. The lowest BCUT2D eigenvalue weighted by Gasteiger charge is -2.05. The molecular formula is C15H14ClN3O. The van der Waals surface area contributed by atoms with Crippen molar-refractivity contribution in [1.29, 1.82) is 0 Å². The lowest BCUT2D eigenvalue weighted by atomic mass is 10.1. The Morgan fingerprint density at radius 1 is 1.20 bits per heavy atom. The average molecular weight is 288 g/mol. The van der Waals surface area contributed by atoms with Crippen molar-refractivity contribution in [1.82, 2.24) is 9.97 Å². The number of anilines is 1. The van der Waals surface area contributed by atoms with E-state index in [1.165, 1.54) is 0 Å². The van der Waals surface area contributed by atoms with Crippen LogP contribution in [0.4, 0.5) is 5.69 Å². The Balaban J connectivity index is 1.92. The van der Waals surface area contributed by atoms with Crippen LogP contribution in [0.2, 0.25) is 5.02 Å². The lowest BCUT2D eigenvalue weighted by molar-refractivity contribution is 0.311. The molecule has 5 heteroatoms. The van der Waals surface area contributed by atoms with Gasteiger partial charge in [0, 0.05) is 29.5 Å². The highest BCUT2D eigenvalue weighted by Gasteiger charge is 2.06. The van der Waals surface area contributed by atoms with Crippen LogP contribution < -0.4 is 5.32 Å². The Morgan fingerprint density at radius 3 is 2.70 bits per heavy atom. The van der Waals surface area contributed by atoms with Crippen molar-refractivity contribution in [3.8, 4) is 11.3 Å². The Hall–Kier alpha value is -2.04. The first-order chi connectivity index (χ1) is 9.78. The minimum absolute atomic E-state index is 0.119. The fraction of sp³-hybridized carbons (Fsp3) is 0.133. The topological polar surface area (TPSA) is 60.9 Å². The number of nitrogens with zero attached hydrogens (tertiary/aromatic N) is 1. The zero-order valence-electron chi connectivity index (χ0n) is 10.7. The highest BCUT2D eigenvalue weighted by Crippen LogP contribution is 2.28. The molecule has 20 heavy (non-hydrogen) atoms. The van der Waals surface area contributed by atoms with E-state index in [-0.39, 0.29) is 6.61 Å². The summed E-state index contributed by atoms with van der Waals surface area (Å²) in [5, 5.41) is 13.5. The molecule has 0 saturated heterocycles. The molecule has 1 aromatic carbocycles. The van der Waals surface area contributed by atoms with Crippen molar-refractivity contribution in [3.05, 3.63) is 47.6 Å². The largest absolute Gasteiger partial charge is 0.395 e. The second-order valence-corrected chi connectivity index (χ2v) is 4.87. The number of aliphatic hydroxyl groups excluding tert-OH is 1. The van der Waals surface area contributed by atoms with Gasteiger partial charge in [0.1, 0.15) is 5.65 Å². The standard InChI is InChI=1S/C15H14ClN3O/c16-13-5-6-18-15-12(13)9-14(19-15)10-1-3-11(4-2-10)17-7-8-20/h1-6,9,17,20H,7-8H2,(H,18,19). The molecule has 2 aromatic heterocycles.